The zero-order chi connectivity index (χ0) is 16.4. The van der Waals surface area contributed by atoms with Gasteiger partial charge < -0.3 is 20.1 Å². The van der Waals surface area contributed by atoms with Gasteiger partial charge in [-0.25, -0.2) is 0 Å². The molecule has 122 valence electrons. The highest BCUT2D eigenvalue weighted by atomic mass is 32.2. The van der Waals surface area contributed by atoms with Crippen LogP contribution >= 0.6 is 11.8 Å². The van der Waals surface area contributed by atoms with Crippen LogP contribution in [0.1, 0.15) is 5.56 Å². The van der Waals surface area contributed by atoms with Gasteiger partial charge in [0.2, 0.25) is 0 Å². The number of pyridine rings is 1. The second kappa shape index (κ2) is 6.88. The van der Waals surface area contributed by atoms with Crippen LogP contribution in [0.5, 0.6) is 5.75 Å². The number of hydrogen-bond acceptors (Lipinski definition) is 6. The molecule has 0 radical (unpaired) electrons. The van der Waals surface area contributed by atoms with Crippen molar-refractivity contribution in [1.29, 1.82) is 0 Å². The van der Waals surface area contributed by atoms with Gasteiger partial charge in [0.05, 0.1) is 12.3 Å². The maximum atomic E-state index is 10.0. The molecule has 0 saturated carbocycles. The first-order valence-corrected chi connectivity index (χ1v) is 8.44. The molecule has 6 heteroatoms. The molecule has 0 amide bonds. The van der Waals surface area contributed by atoms with Crippen molar-refractivity contribution in [3.05, 3.63) is 48.3 Å². The lowest BCUT2D eigenvalue weighted by Crippen LogP contribution is -2.50. The average Bonchev–Trinajstić information content (AvgIpc) is 2.56. The first-order valence-electron chi connectivity index (χ1n) is 7.39. The van der Waals surface area contributed by atoms with Crippen molar-refractivity contribution in [3.63, 3.8) is 0 Å². The molecule has 0 bridgehead atoms. The molecular formula is C17H19NO4S. The molecule has 0 unspecified atom stereocenters. The number of aliphatic hydroxyl groups is 3. The molecule has 3 N–H and O–H groups in total. The monoisotopic (exact) mass is 333 g/mol. The molecule has 0 aliphatic carbocycles. The molecule has 1 aromatic carbocycles. The van der Waals surface area contributed by atoms with E-state index in [0.717, 1.165) is 11.1 Å². The zero-order valence-electron chi connectivity index (χ0n) is 12.7. The first kappa shape index (κ1) is 16.3. The lowest BCUT2D eigenvalue weighted by molar-refractivity contribution is -0.0786. The standard InChI is InChI=1S/C17H19NO4S/c1-10-2-4-11(5-3-10)12-6-13(8-18-7-12)22-17-16(21)15(20)14(19)9-23-17/h2-8,14-17,19-21H,9H2,1H3/t14-,15+,16-,17-/m1/s1. The Bertz CT molecular complexity index is 664. The maximum Gasteiger partial charge on any atom is 0.173 e. The predicted molar refractivity (Wildman–Crippen MR) is 89.3 cm³/mol. The summed E-state index contributed by atoms with van der Waals surface area (Å²) in [6.07, 6.45) is 0.0382. The van der Waals surface area contributed by atoms with E-state index in [4.69, 9.17) is 4.74 Å². The fourth-order valence-corrected chi connectivity index (χ4v) is 3.53. The van der Waals surface area contributed by atoms with Crippen LogP contribution in [0.15, 0.2) is 42.7 Å². The van der Waals surface area contributed by atoms with Crippen molar-refractivity contribution < 1.29 is 20.1 Å². The third kappa shape index (κ3) is 3.67. The van der Waals surface area contributed by atoms with Crippen molar-refractivity contribution in [2.24, 2.45) is 0 Å². The van der Waals surface area contributed by atoms with Gasteiger partial charge in [-0.05, 0) is 18.6 Å². The second-order valence-electron chi connectivity index (χ2n) is 5.64. The largest absolute Gasteiger partial charge is 0.475 e. The number of hydrogen-bond donors (Lipinski definition) is 3. The van der Waals surface area contributed by atoms with E-state index in [2.05, 4.69) is 4.98 Å². The fourth-order valence-electron chi connectivity index (χ4n) is 2.40. The highest BCUT2D eigenvalue weighted by Crippen LogP contribution is 2.30. The van der Waals surface area contributed by atoms with Gasteiger partial charge in [0.15, 0.2) is 5.44 Å². The predicted octanol–water partition coefficient (Wildman–Crippen LogP) is 1.59. The first-order chi connectivity index (χ1) is 11.0. The molecule has 23 heavy (non-hydrogen) atoms. The molecule has 2 aromatic rings. The minimum atomic E-state index is -1.20. The summed E-state index contributed by atoms with van der Waals surface area (Å²) < 4.78 is 5.75. The van der Waals surface area contributed by atoms with Crippen LogP contribution in [0.3, 0.4) is 0 Å². The minimum absolute atomic E-state index is 0.313. The lowest BCUT2D eigenvalue weighted by Gasteiger charge is -2.34. The van der Waals surface area contributed by atoms with Gasteiger partial charge in [0.1, 0.15) is 18.0 Å². The summed E-state index contributed by atoms with van der Waals surface area (Å²) in [5.41, 5.74) is 2.49. The summed E-state index contributed by atoms with van der Waals surface area (Å²) in [7, 11) is 0. The van der Waals surface area contributed by atoms with E-state index in [1.165, 1.54) is 17.3 Å². The summed E-state index contributed by atoms with van der Waals surface area (Å²) in [6.45, 7) is 2.03. The van der Waals surface area contributed by atoms with Crippen molar-refractivity contribution >= 4 is 11.8 Å². The molecule has 0 spiro atoms. The van der Waals surface area contributed by atoms with Crippen molar-refractivity contribution in [2.45, 2.75) is 30.7 Å². The van der Waals surface area contributed by atoms with Crippen LogP contribution in [0, 0.1) is 6.92 Å². The highest BCUT2D eigenvalue weighted by molar-refractivity contribution is 7.99. The summed E-state index contributed by atoms with van der Waals surface area (Å²) in [4.78, 5) is 4.18. The summed E-state index contributed by atoms with van der Waals surface area (Å²) >= 11 is 1.27. The quantitative estimate of drug-likeness (QED) is 0.791. The van der Waals surface area contributed by atoms with E-state index >= 15 is 0 Å². The lowest BCUT2D eigenvalue weighted by atomic mass is 10.1. The number of benzene rings is 1. The van der Waals surface area contributed by atoms with Gasteiger partial charge in [-0.2, -0.15) is 0 Å². The Morgan fingerprint density at radius 1 is 1.04 bits per heavy atom. The molecule has 1 aromatic heterocycles. The van der Waals surface area contributed by atoms with E-state index in [-0.39, 0.29) is 0 Å². The summed E-state index contributed by atoms with van der Waals surface area (Å²) in [5.74, 6) is 0.830. The SMILES string of the molecule is Cc1ccc(-c2cncc(O[C@@H]3SC[C@@H](O)[C@H](O)[C@H]3O)c2)cc1. The third-order valence-electron chi connectivity index (χ3n) is 3.80. The number of ether oxygens (including phenoxy) is 1. The molecule has 1 aliphatic heterocycles. The molecule has 3 rings (SSSR count). The topological polar surface area (TPSA) is 82.8 Å². The van der Waals surface area contributed by atoms with Crippen LogP contribution in [-0.2, 0) is 0 Å². The van der Waals surface area contributed by atoms with Crippen molar-refractivity contribution in [3.8, 4) is 16.9 Å². The van der Waals surface area contributed by atoms with E-state index in [1.54, 1.807) is 12.4 Å². The van der Waals surface area contributed by atoms with Crippen LogP contribution in [0.2, 0.25) is 0 Å². The van der Waals surface area contributed by atoms with Gasteiger partial charge in [-0.3, -0.25) is 4.98 Å². The molecular weight excluding hydrogens is 314 g/mol. The smallest absolute Gasteiger partial charge is 0.173 e. The third-order valence-corrected chi connectivity index (χ3v) is 5.04. The van der Waals surface area contributed by atoms with Gasteiger partial charge >= 0.3 is 0 Å². The molecule has 2 heterocycles. The number of thioether (sulfide) groups is 1. The number of aryl methyl sites for hydroxylation is 1. The van der Waals surface area contributed by atoms with E-state index < -0.39 is 23.7 Å². The number of rotatable bonds is 3. The number of nitrogens with zero attached hydrogens (tertiary/aromatic N) is 1. The van der Waals surface area contributed by atoms with Crippen LogP contribution in [0.25, 0.3) is 11.1 Å². The Morgan fingerprint density at radius 3 is 2.52 bits per heavy atom. The molecule has 1 saturated heterocycles. The van der Waals surface area contributed by atoms with Gasteiger partial charge in [0.25, 0.3) is 0 Å². The normalized spacial score (nSPS) is 27.7. The van der Waals surface area contributed by atoms with E-state index in [9.17, 15) is 15.3 Å². The fraction of sp³-hybridized carbons (Fsp3) is 0.353. The Labute approximate surface area is 139 Å². The molecule has 1 aliphatic rings. The Balaban J connectivity index is 1.76. The van der Waals surface area contributed by atoms with Crippen LogP contribution in [0.4, 0.5) is 0 Å². The summed E-state index contributed by atoms with van der Waals surface area (Å²) in [6, 6.07) is 9.94. The van der Waals surface area contributed by atoms with Crippen LogP contribution in [-0.4, -0.2) is 49.8 Å². The van der Waals surface area contributed by atoms with Gasteiger partial charge in [-0.15, -0.1) is 11.8 Å². The van der Waals surface area contributed by atoms with Crippen molar-refractivity contribution in [2.75, 3.05) is 5.75 Å². The highest BCUT2D eigenvalue weighted by Gasteiger charge is 2.38. The van der Waals surface area contributed by atoms with E-state index in [0.29, 0.717) is 11.5 Å². The number of aliphatic hydroxyl groups excluding tert-OH is 3. The Morgan fingerprint density at radius 2 is 1.78 bits per heavy atom. The van der Waals surface area contributed by atoms with Crippen LogP contribution < -0.4 is 4.74 Å². The van der Waals surface area contributed by atoms with Gasteiger partial charge in [0, 0.05) is 17.5 Å². The Hall–Kier alpha value is -1.60. The van der Waals surface area contributed by atoms with E-state index in [1.807, 2.05) is 37.3 Å². The molecule has 1 fully saturated rings. The number of aromatic nitrogens is 1. The summed E-state index contributed by atoms with van der Waals surface area (Å²) in [5, 5.41) is 29.3. The molecule has 5 nitrogen and oxygen atoms in total. The average molecular weight is 333 g/mol. The van der Waals surface area contributed by atoms with Gasteiger partial charge in [-0.1, -0.05) is 29.8 Å². The minimum Gasteiger partial charge on any atom is -0.475 e. The Kier molecular flexibility index (Phi) is 4.87. The molecule has 4 atom stereocenters. The van der Waals surface area contributed by atoms with Crippen molar-refractivity contribution in [1.82, 2.24) is 4.98 Å². The second-order valence-corrected chi connectivity index (χ2v) is 6.77. The maximum absolute atomic E-state index is 10.0. The zero-order valence-corrected chi connectivity index (χ0v) is 13.5.